The lowest BCUT2D eigenvalue weighted by Gasteiger charge is -2.15. The fourth-order valence-corrected chi connectivity index (χ4v) is 1.50. The molecule has 0 aliphatic rings. The first-order chi connectivity index (χ1) is 9.32. The Morgan fingerprint density at radius 1 is 1.45 bits per heavy atom. The molecule has 5 nitrogen and oxygen atoms in total. The van der Waals surface area contributed by atoms with Gasteiger partial charge in [0.05, 0.1) is 25.3 Å². The van der Waals surface area contributed by atoms with E-state index in [1.54, 1.807) is 0 Å². The van der Waals surface area contributed by atoms with E-state index in [0.717, 1.165) is 13.2 Å². The van der Waals surface area contributed by atoms with Gasteiger partial charge in [-0.25, -0.2) is 9.78 Å². The van der Waals surface area contributed by atoms with Gasteiger partial charge < -0.3 is 14.2 Å². The van der Waals surface area contributed by atoms with Crippen LogP contribution in [0.3, 0.4) is 0 Å². The second kappa shape index (κ2) is 6.65. The summed E-state index contributed by atoms with van der Waals surface area (Å²) in [5, 5.41) is 0. The van der Waals surface area contributed by atoms with Gasteiger partial charge in [-0.05, 0) is 6.92 Å². The summed E-state index contributed by atoms with van der Waals surface area (Å²) in [7, 11) is 1.15. The highest BCUT2D eigenvalue weighted by molar-refractivity contribution is 6.17. The van der Waals surface area contributed by atoms with Crippen LogP contribution in [0.2, 0.25) is 0 Å². The topological polar surface area (TPSA) is 57.7 Å². The maximum Gasteiger partial charge on any atom is 0.573 e. The maximum absolute atomic E-state index is 12.4. The van der Waals surface area contributed by atoms with E-state index in [1.165, 1.54) is 6.92 Å². The number of hydrogen-bond acceptors (Lipinski definition) is 5. The molecule has 1 heterocycles. The molecular weight excluding hydrogens is 303 g/mol. The smallest absolute Gasteiger partial charge is 0.480 e. The van der Waals surface area contributed by atoms with Crippen LogP contribution in [-0.2, 0) is 10.6 Å². The molecule has 0 aliphatic carbocycles. The molecule has 0 saturated heterocycles. The molecular formula is C11H11ClF3NO4. The largest absolute Gasteiger partial charge is 0.573 e. The average Bonchev–Trinajstić information content (AvgIpc) is 2.35. The number of alkyl halides is 4. The Labute approximate surface area is 117 Å². The molecule has 0 fully saturated rings. The molecule has 0 saturated carbocycles. The highest BCUT2D eigenvalue weighted by Gasteiger charge is 2.35. The molecule has 112 valence electrons. The molecule has 9 heteroatoms. The SMILES string of the molecule is CCOC(=O)c1c(OC(F)(F)F)cc(CCl)nc1OC. The fourth-order valence-electron chi connectivity index (χ4n) is 1.36. The van der Waals surface area contributed by atoms with Crippen LogP contribution in [0.15, 0.2) is 6.07 Å². The predicted molar refractivity (Wildman–Crippen MR) is 63.0 cm³/mol. The van der Waals surface area contributed by atoms with Gasteiger partial charge >= 0.3 is 12.3 Å². The number of hydrogen-bond donors (Lipinski definition) is 0. The molecule has 0 radical (unpaired) electrons. The molecule has 1 rings (SSSR count). The number of methoxy groups -OCH3 is 1. The van der Waals surface area contributed by atoms with Gasteiger partial charge in [-0.1, -0.05) is 0 Å². The van der Waals surface area contributed by atoms with E-state index in [9.17, 15) is 18.0 Å². The summed E-state index contributed by atoms with van der Waals surface area (Å²) in [6.07, 6.45) is -4.98. The number of aromatic nitrogens is 1. The number of halogens is 4. The molecule has 0 bridgehead atoms. The van der Waals surface area contributed by atoms with E-state index in [1.807, 2.05) is 0 Å². The Morgan fingerprint density at radius 3 is 2.55 bits per heavy atom. The molecule has 0 N–H and O–H groups in total. The van der Waals surface area contributed by atoms with E-state index in [-0.39, 0.29) is 24.1 Å². The predicted octanol–water partition coefficient (Wildman–Crippen LogP) is 2.90. The van der Waals surface area contributed by atoms with Crippen LogP contribution in [-0.4, -0.2) is 31.0 Å². The number of esters is 1. The van der Waals surface area contributed by atoms with Gasteiger partial charge in [0.2, 0.25) is 5.88 Å². The van der Waals surface area contributed by atoms with Crippen molar-refractivity contribution in [2.45, 2.75) is 19.2 Å². The second-order valence-electron chi connectivity index (χ2n) is 3.40. The highest BCUT2D eigenvalue weighted by atomic mass is 35.5. The van der Waals surface area contributed by atoms with Crippen molar-refractivity contribution in [3.8, 4) is 11.6 Å². The lowest BCUT2D eigenvalue weighted by Crippen LogP contribution is -2.20. The molecule has 20 heavy (non-hydrogen) atoms. The summed E-state index contributed by atoms with van der Waals surface area (Å²) in [6.45, 7) is 1.49. The molecule has 0 unspecified atom stereocenters. The summed E-state index contributed by atoms with van der Waals surface area (Å²) in [5.74, 6) is -2.32. The fraction of sp³-hybridized carbons (Fsp3) is 0.455. The van der Waals surface area contributed by atoms with Crippen LogP contribution >= 0.6 is 11.6 Å². The third kappa shape index (κ3) is 4.16. The number of nitrogens with zero attached hydrogens (tertiary/aromatic N) is 1. The van der Waals surface area contributed by atoms with E-state index in [0.29, 0.717) is 0 Å². The van der Waals surface area contributed by atoms with E-state index in [4.69, 9.17) is 16.3 Å². The number of rotatable bonds is 5. The zero-order valence-electron chi connectivity index (χ0n) is 10.6. The van der Waals surface area contributed by atoms with Gasteiger partial charge in [0.15, 0.2) is 11.3 Å². The minimum absolute atomic E-state index is 0.0231. The third-order valence-electron chi connectivity index (χ3n) is 2.04. The first-order valence-electron chi connectivity index (χ1n) is 5.39. The Hall–Kier alpha value is -1.70. The Bertz CT molecular complexity index is 493. The first kappa shape index (κ1) is 16.4. The molecule has 0 aliphatic heterocycles. The normalized spacial score (nSPS) is 11.1. The van der Waals surface area contributed by atoms with Crippen molar-refractivity contribution in [3.05, 3.63) is 17.3 Å². The van der Waals surface area contributed by atoms with Gasteiger partial charge in [0.1, 0.15) is 0 Å². The second-order valence-corrected chi connectivity index (χ2v) is 3.67. The minimum Gasteiger partial charge on any atom is -0.480 e. The minimum atomic E-state index is -4.98. The number of carbonyl (C=O) groups excluding carboxylic acids is 1. The van der Waals surface area contributed by atoms with Crippen LogP contribution in [0.1, 0.15) is 23.0 Å². The lowest BCUT2D eigenvalue weighted by molar-refractivity contribution is -0.274. The summed E-state index contributed by atoms with van der Waals surface area (Å²) in [5.41, 5.74) is -0.476. The van der Waals surface area contributed by atoms with E-state index >= 15 is 0 Å². The summed E-state index contributed by atoms with van der Waals surface area (Å²) in [4.78, 5) is 15.5. The number of carbonyl (C=O) groups is 1. The molecule has 1 aromatic rings. The van der Waals surface area contributed by atoms with Crippen molar-refractivity contribution in [3.63, 3.8) is 0 Å². The third-order valence-corrected chi connectivity index (χ3v) is 2.31. The Morgan fingerprint density at radius 2 is 2.10 bits per heavy atom. The van der Waals surface area contributed by atoms with Crippen molar-refractivity contribution >= 4 is 17.6 Å². The van der Waals surface area contributed by atoms with Crippen LogP contribution in [0.25, 0.3) is 0 Å². The monoisotopic (exact) mass is 313 g/mol. The Balaban J connectivity index is 3.38. The van der Waals surface area contributed by atoms with Gasteiger partial charge in [-0.15, -0.1) is 24.8 Å². The molecule has 1 aromatic heterocycles. The van der Waals surface area contributed by atoms with Crippen molar-refractivity contribution in [1.29, 1.82) is 0 Å². The average molecular weight is 314 g/mol. The van der Waals surface area contributed by atoms with Gasteiger partial charge in [0, 0.05) is 6.07 Å². The summed E-state index contributed by atoms with van der Waals surface area (Å²) < 4.78 is 50.4. The number of ether oxygens (including phenoxy) is 3. The lowest BCUT2D eigenvalue weighted by atomic mass is 10.2. The van der Waals surface area contributed by atoms with Gasteiger partial charge in [-0.2, -0.15) is 0 Å². The molecule has 0 atom stereocenters. The van der Waals surface area contributed by atoms with E-state index < -0.39 is 23.6 Å². The van der Waals surface area contributed by atoms with Crippen molar-refractivity contribution in [2.24, 2.45) is 0 Å². The maximum atomic E-state index is 12.4. The van der Waals surface area contributed by atoms with Crippen molar-refractivity contribution < 1.29 is 32.2 Å². The Kier molecular flexibility index (Phi) is 5.43. The molecule has 0 aromatic carbocycles. The first-order valence-corrected chi connectivity index (χ1v) is 5.92. The van der Waals surface area contributed by atoms with Crippen LogP contribution < -0.4 is 9.47 Å². The standard InChI is InChI=1S/C11H11ClF3NO4/c1-3-19-10(17)8-7(20-11(13,14)15)4-6(5-12)16-9(8)18-2/h4H,3,5H2,1-2H3. The van der Waals surface area contributed by atoms with Crippen molar-refractivity contribution in [1.82, 2.24) is 4.98 Å². The van der Waals surface area contributed by atoms with Crippen LogP contribution in [0.4, 0.5) is 13.2 Å². The summed E-state index contributed by atoms with van der Waals surface area (Å²) >= 11 is 5.52. The zero-order valence-corrected chi connectivity index (χ0v) is 11.3. The van der Waals surface area contributed by atoms with Crippen LogP contribution in [0.5, 0.6) is 11.6 Å². The van der Waals surface area contributed by atoms with Crippen molar-refractivity contribution in [2.75, 3.05) is 13.7 Å². The zero-order chi connectivity index (χ0) is 15.3. The van der Waals surface area contributed by atoms with Gasteiger partial charge in [0.25, 0.3) is 0 Å². The molecule has 0 spiro atoms. The summed E-state index contributed by atoms with van der Waals surface area (Å²) in [6, 6.07) is 0.912. The van der Waals surface area contributed by atoms with E-state index in [2.05, 4.69) is 14.5 Å². The van der Waals surface area contributed by atoms with Crippen LogP contribution in [0, 0.1) is 0 Å². The molecule has 0 amide bonds. The van der Waals surface area contributed by atoms with Gasteiger partial charge in [-0.3, -0.25) is 0 Å². The quantitative estimate of drug-likeness (QED) is 0.618. The number of pyridine rings is 1. The highest BCUT2D eigenvalue weighted by Crippen LogP contribution is 2.33.